The molecule has 8 heteroatoms. The van der Waals surface area contributed by atoms with Crippen molar-refractivity contribution in [3.05, 3.63) is 86.4 Å². The highest BCUT2D eigenvalue weighted by atomic mass is 79.9. The first-order chi connectivity index (χ1) is 15.5. The van der Waals surface area contributed by atoms with E-state index in [-0.39, 0.29) is 23.3 Å². The average Bonchev–Trinajstić information content (AvgIpc) is 3.27. The van der Waals surface area contributed by atoms with Gasteiger partial charge in [-0.2, -0.15) is 0 Å². The van der Waals surface area contributed by atoms with E-state index in [0.717, 1.165) is 23.0 Å². The number of thiophene rings is 1. The van der Waals surface area contributed by atoms with Gasteiger partial charge in [-0.25, -0.2) is 4.98 Å². The molecular weight excluding hydrogens is 506 g/mol. The van der Waals surface area contributed by atoms with Crippen molar-refractivity contribution in [2.24, 2.45) is 0 Å². The third kappa shape index (κ3) is 5.49. The fourth-order valence-electron chi connectivity index (χ4n) is 3.35. The number of nitrogens with one attached hydrogen (secondary N) is 1. The van der Waals surface area contributed by atoms with Crippen LogP contribution in [-0.2, 0) is 11.2 Å². The summed E-state index contributed by atoms with van der Waals surface area (Å²) in [5.41, 5.74) is 2.52. The molecule has 0 fully saturated rings. The van der Waals surface area contributed by atoms with E-state index in [4.69, 9.17) is 0 Å². The van der Waals surface area contributed by atoms with Crippen LogP contribution in [0.25, 0.3) is 15.9 Å². The van der Waals surface area contributed by atoms with Crippen LogP contribution in [0.3, 0.4) is 0 Å². The van der Waals surface area contributed by atoms with Crippen LogP contribution in [0.15, 0.2) is 80.5 Å². The van der Waals surface area contributed by atoms with Gasteiger partial charge in [0, 0.05) is 10.5 Å². The number of hydrogen-bond acceptors (Lipinski definition) is 5. The molecule has 1 atom stereocenters. The number of nitrogens with zero attached hydrogens (tertiary/aromatic N) is 2. The Bertz CT molecular complexity index is 1270. The molecule has 32 heavy (non-hydrogen) atoms. The topological polar surface area (TPSA) is 64.0 Å². The number of fused-ring (bicyclic) bond motifs is 1. The third-order valence-electron chi connectivity index (χ3n) is 4.98. The Balaban J connectivity index is 1.46. The summed E-state index contributed by atoms with van der Waals surface area (Å²) in [5.74, 6) is 0.117. The number of benzene rings is 2. The summed E-state index contributed by atoms with van der Waals surface area (Å²) in [6, 6.07) is 19.6. The Morgan fingerprint density at radius 1 is 1.16 bits per heavy atom. The standard InChI is InChI=1S/C24H22BrN3O2S2/c1-16(7-8-17-5-3-2-4-6-17)26-21(29)15-32-24-27-20-13-14-31-22(20)23(30)28(24)19-11-9-18(25)10-12-19/h2-6,9-14,16H,7-8,15H2,1H3,(H,26,29)/t16-/m0/s1. The largest absolute Gasteiger partial charge is 0.353 e. The van der Waals surface area contributed by atoms with Gasteiger partial charge in [-0.1, -0.05) is 58.0 Å². The minimum absolute atomic E-state index is 0.0595. The van der Waals surface area contributed by atoms with Crippen molar-refractivity contribution in [2.45, 2.75) is 31.0 Å². The zero-order valence-corrected chi connectivity index (χ0v) is 20.7. The van der Waals surface area contributed by atoms with Crippen LogP contribution in [0.2, 0.25) is 0 Å². The van der Waals surface area contributed by atoms with Crippen molar-refractivity contribution in [2.75, 3.05) is 5.75 Å². The molecule has 1 amide bonds. The molecule has 0 bridgehead atoms. The second-order valence-corrected chi connectivity index (χ2v) is 10.2. The van der Waals surface area contributed by atoms with Gasteiger partial charge >= 0.3 is 0 Å². The molecule has 0 saturated heterocycles. The average molecular weight is 528 g/mol. The molecule has 1 N–H and O–H groups in total. The molecule has 2 heterocycles. The lowest BCUT2D eigenvalue weighted by atomic mass is 10.1. The van der Waals surface area contributed by atoms with E-state index < -0.39 is 0 Å². The summed E-state index contributed by atoms with van der Waals surface area (Å²) < 4.78 is 3.12. The maximum Gasteiger partial charge on any atom is 0.276 e. The number of carbonyl (C=O) groups is 1. The molecular formula is C24H22BrN3O2S2. The highest BCUT2D eigenvalue weighted by Gasteiger charge is 2.16. The molecule has 0 aliphatic heterocycles. The molecule has 2 aromatic heterocycles. The Kier molecular flexibility index (Phi) is 7.44. The fraction of sp³-hybridized carbons (Fsp3) is 0.208. The molecule has 0 aliphatic carbocycles. The summed E-state index contributed by atoms with van der Waals surface area (Å²) in [5, 5.41) is 5.43. The lowest BCUT2D eigenvalue weighted by molar-refractivity contribution is -0.119. The van der Waals surface area contributed by atoms with Crippen molar-refractivity contribution in [1.82, 2.24) is 14.9 Å². The Hall–Kier alpha value is -2.42. The van der Waals surface area contributed by atoms with Crippen molar-refractivity contribution in [3.8, 4) is 5.69 Å². The molecule has 0 radical (unpaired) electrons. The first kappa shape index (κ1) is 22.8. The summed E-state index contributed by atoms with van der Waals surface area (Å²) in [4.78, 5) is 30.4. The predicted octanol–water partition coefficient (Wildman–Crippen LogP) is 5.44. The van der Waals surface area contributed by atoms with Gasteiger partial charge in [-0.3, -0.25) is 14.2 Å². The molecule has 0 spiro atoms. The molecule has 4 aromatic rings. The first-order valence-corrected chi connectivity index (χ1v) is 12.9. The van der Waals surface area contributed by atoms with Crippen molar-refractivity contribution in [3.63, 3.8) is 0 Å². The minimum atomic E-state index is -0.119. The van der Waals surface area contributed by atoms with Crippen LogP contribution in [0, 0.1) is 0 Å². The van der Waals surface area contributed by atoms with E-state index in [2.05, 4.69) is 38.4 Å². The van der Waals surface area contributed by atoms with Crippen LogP contribution < -0.4 is 10.9 Å². The number of aryl methyl sites for hydroxylation is 1. The maximum atomic E-state index is 13.1. The smallest absolute Gasteiger partial charge is 0.276 e. The number of aromatic nitrogens is 2. The van der Waals surface area contributed by atoms with Crippen molar-refractivity contribution >= 4 is 55.2 Å². The highest BCUT2D eigenvalue weighted by molar-refractivity contribution is 9.10. The van der Waals surface area contributed by atoms with E-state index >= 15 is 0 Å². The van der Waals surface area contributed by atoms with Gasteiger partial charge in [-0.05, 0) is 61.0 Å². The van der Waals surface area contributed by atoms with Gasteiger partial charge in [0.1, 0.15) is 4.70 Å². The summed E-state index contributed by atoms with van der Waals surface area (Å²) in [7, 11) is 0. The van der Waals surface area contributed by atoms with Gasteiger partial charge in [0.25, 0.3) is 5.56 Å². The van der Waals surface area contributed by atoms with Gasteiger partial charge < -0.3 is 5.32 Å². The molecule has 2 aromatic carbocycles. The lowest BCUT2D eigenvalue weighted by Gasteiger charge is -2.15. The van der Waals surface area contributed by atoms with Crippen molar-refractivity contribution in [1.29, 1.82) is 0 Å². The SMILES string of the molecule is C[C@@H](CCc1ccccc1)NC(=O)CSc1nc2ccsc2c(=O)n1-c1ccc(Br)cc1. The Morgan fingerprint density at radius 3 is 2.66 bits per heavy atom. The maximum absolute atomic E-state index is 13.1. The van der Waals surface area contributed by atoms with Crippen LogP contribution in [-0.4, -0.2) is 27.3 Å². The summed E-state index contributed by atoms with van der Waals surface area (Å²) in [6.45, 7) is 2.01. The van der Waals surface area contributed by atoms with Gasteiger partial charge in [-0.15, -0.1) is 11.3 Å². The van der Waals surface area contributed by atoms with Crippen LogP contribution in [0.4, 0.5) is 0 Å². The number of carbonyl (C=O) groups excluding carboxylic acids is 1. The number of thioether (sulfide) groups is 1. The van der Waals surface area contributed by atoms with Crippen LogP contribution in [0.5, 0.6) is 0 Å². The number of halogens is 1. The van der Waals surface area contributed by atoms with Crippen LogP contribution in [0.1, 0.15) is 18.9 Å². The van der Waals surface area contributed by atoms with Crippen LogP contribution >= 0.6 is 39.0 Å². The molecule has 164 valence electrons. The Morgan fingerprint density at radius 2 is 1.91 bits per heavy atom. The fourth-order valence-corrected chi connectivity index (χ4v) is 5.20. The molecule has 0 unspecified atom stereocenters. The highest BCUT2D eigenvalue weighted by Crippen LogP contribution is 2.24. The lowest BCUT2D eigenvalue weighted by Crippen LogP contribution is -2.34. The predicted molar refractivity (Wildman–Crippen MR) is 136 cm³/mol. The summed E-state index contributed by atoms with van der Waals surface area (Å²) >= 11 is 6.08. The zero-order valence-electron chi connectivity index (χ0n) is 17.5. The van der Waals surface area contributed by atoms with E-state index in [1.54, 1.807) is 4.57 Å². The van der Waals surface area contributed by atoms with E-state index in [9.17, 15) is 9.59 Å². The first-order valence-electron chi connectivity index (χ1n) is 10.2. The van der Waals surface area contributed by atoms with Crippen molar-refractivity contribution < 1.29 is 4.79 Å². The molecule has 5 nitrogen and oxygen atoms in total. The third-order valence-corrected chi connectivity index (χ3v) is 7.34. The number of hydrogen-bond donors (Lipinski definition) is 1. The van der Waals surface area contributed by atoms with E-state index in [1.165, 1.54) is 28.7 Å². The Labute approximate surface area is 203 Å². The van der Waals surface area contributed by atoms with E-state index in [1.807, 2.05) is 60.8 Å². The van der Waals surface area contributed by atoms with Gasteiger partial charge in [0.2, 0.25) is 5.91 Å². The van der Waals surface area contributed by atoms with E-state index in [0.29, 0.717) is 15.4 Å². The normalized spacial score (nSPS) is 12.1. The molecule has 0 aliphatic rings. The number of rotatable bonds is 8. The molecule has 4 rings (SSSR count). The minimum Gasteiger partial charge on any atom is -0.353 e. The quantitative estimate of drug-likeness (QED) is 0.245. The molecule has 0 saturated carbocycles. The second kappa shape index (κ2) is 10.5. The van der Waals surface area contributed by atoms with Gasteiger partial charge in [0.15, 0.2) is 5.16 Å². The summed E-state index contributed by atoms with van der Waals surface area (Å²) in [6.07, 6.45) is 1.78. The second-order valence-electron chi connectivity index (χ2n) is 7.43. The zero-order chi connectivity index (χ0) is 22.5. The number of amides is 1. The van der Waals surface area contributed by atoms with Gasteiger partial charge in [0.05, 0.1) is 17.0 Å². The monoisotopic (exact) mass is 527 g/mol.